The number of hydrogen-bond donors (Lipinski definition) is 0. The molecule has 5 heteroatoms. The topological polar surface area (TPSA) is 52.6 Å². The van der Waals surface area contributed by atoms with Crippen molar-refractivity contribution in [1.29, 1.82) is 0 Å². The molecule has 1 rings (SSSR count). The van der Waals surface area contributed by atoms with Gasteiger partial charge in [-0.1, -0.05) is 0 Å². The van der Waals surface area contributed by atoms with E-state index in [0.717, 1.165) is 6.26 Å². The fourth-order valence-electron chi connectivity index (χ4n) is 1.17. The van der Waals surface area contributed by atoms with E-state index < -0.39 is 9.84 Å². The first kappa shape index (κ1) is 11.8. The van der Waals surface area contributed by atoms with E-state index in [-0.39, 0.29) is 4.90 Å². The van der Waals surface area contributed by atoms with Crippen molar-refractivity contribution in [2.24, 2.45) is 0 Å². The smallest absolute Gasteiger partial charge is 0.175 e. The second-order valence-corrected chi connectivity index (χ2v) is 5.09. The summed E-state index contributed by atoms with van der Waals surface area (Å²) >= 11 is 0. The van der Waals surface area contributed by atoms with Crippen molar-refractivity contribution in [1.82, 2.24) is 0 Å². The van der Waals surface area contributed by atoms with E-state index in [4.69, 9.17) is 9.47 Å². The van der Waals surface area contributed by atoms with Gasteiger partial charge in [0.05, 0.1) is 19.1 Å². The molecular weight excluding hydrogens is 216 g/mol. The molecule has 4 nitrogen and oxygen atoms in total. The largest absolute Gasteiger partial charge is 0.496 e. The number of hydrogen-bond acceptors (Lipinski definition) is 4. The molecule has 0 N–H and O–H groups in total. The molecule has 1 aromatic carbocycles. The van der Waals surface area contributed by atoms with Crippen LogP contribution in [0.1, 0.15) is 5.56 Å². The average molecular weight is 229 g/mol. The number of methoxy groups -OCH3 is 2. The molecule has 0 amide bonds. The minimum absolute atomic E-state index is 0.156. The summed E-state index contributed by atoms with van der Waals surface area (Å²) in [7, 11) is -0.365. The third-order valence-corrected chi connectivity index (χ3v) is 3.10. The van der Waals surface area contributed by atoms with Gasteiger partial charge in [-0.25, -0.2) is 8.42 Å². The molecule has 0 spiro atoms. The van der Waals surface area contributed by atoms with E-state index in [1.165, 1.54) is 26.4 Å². The summed E-state index contributed by atoms with van der Waals surface area (Å²) in [4.78, 5) is 0.156. The summed E-state index contributed by atoms with van der Waals surface area (Å²) in [6.07, 6.45) is 1.13. The van der Waals surface area contributed by atoms with E-state index in [1.54, 1.807) is 0 Å². The van der Waals surface area contributed by atoms with Crippen LogP contribution in [-0.4, -0.2) is 28.9 Å². The molecule has 0 aliphatic rings. The molecule has 0 bridgehead atoms. The number of ether oxygens (including phenoxy) is 2. The van der Waals surface area contributed by atoms with E-state index in [0.29, 0.717) is 17.1 Å². The van der Waals surface area contributed by atoms with E-state index in [2.05, 4.69) is 6.92 Å². The Bertz CT molecular complexity index is 437. The second kappa shape index (κ2) is 4.10. The summed E-state index contributed by atoms with van der Waals surface area (Å²) < 4.78 is 32.7. The van der Waals surface area contributed by atoms with Crippen LogP contribution in [0.3, 0.4) is 0 Å². The van der Waals surface area contributed by atoms with Crippen LogP contribution in [0.2, 0.25) is 0 Å². The first-order valence-corrected chi connectivity index (χ1v) is 6.07. The Hall–Kier alpha value is -1.23. The maximum atomic E-state index is 11.3. The molecular formula is C10H13O4S. The fraction of sp³-hybridized carbons (Fsp3) is 0.300. The van der Waals surface area contributed by atoms with Crippen LogP contribution in [0.15, 0.2) is 17.0 Å². The summed E-state index contributed by atoms with van der Waals surface area (Å²) in [5.41, 5.74) is 0.535. The maximum absolute atomic E-state index is 11.3. The summed E-state index contributed by atoms with van der Waals surface area (Å²) in [5.74, 6) is 0.796. The lowest BCUT2D eigenvalue weighted by Gasteiger charge is -2.11. The normalized spacial score (nSPS) is 11.2. The van der Waals surface area contributed by atoms with Crippen molar-refractivity contribution >= 4 is 9.84 Å². The Labute approximate surface area is 89.7 Å². The van der Waals surface area contributed by atoms with Crippen molar-refractivity contribution in [2.45, 2.75) is 4.90 Å². The lowest BCUT2D eigenvalue weighted by Crippen LogP contribution is -2.00. The molecule has 0 aliphatic heterocycles. The Balaban J connectivity index is 3.47. The van der Waals surface area contributed by atoms with Gasteiger partial charge < -0.3 is 9.47 Å². The summed E-state index contributed by atoms with van der Waals surface area (Å²) in [6, 6.07) is 2.86. The molecule has 1 radical (unpaired) electrons. The van der Waals surface area contributed by atoms with Gasteiger partial charge >= 0.3 is 0 Å². The highest BCUT2D eigenvalue weighted by Gasteiger charge is 2.14. The highest BCUT2D eigenvalue weighted by Crippen LogP contribution is 2.31. The van der Waals surface area contributed by atoms with Crippen molar-refractivity contribution in [3.63, 3.8) is 0 Å². The number of benzene rings is 1. The van der Waals surface area contributed by atoms with Crippen LogP contribution in [-0.2, 0) is 9.84 Å². The van der Waals surface area contributed by atoms with Gasteiger partial charge in [-0.2, -0.15) is 0 Å². The third kappa shape index (κ3) is 2.41. The monoisotopic (exact) mass is 229 g/mol. The van der Waals surface area contributed by atoms with Gasteiger partial charge in [-0.05, 0) is 19.1 Å². The molecule has 0 aliphatic carbocycles. The molecule has 15 heavy (non-hydrogen) atoms. The first-order chi connectivity index (χ1) is 6.90. The molecule has 0 heterocycles. The lowest BCUT2D eigenvalue weighted by molar-refractivity contribution is 0.389. The van der Waals surface area contributed by atoms with Crippen LogP contribution in [0.5, 0.6) is 11.5 Å². The zero-order chi connectivity index (χ0) is 11.6. The van der Waals surface area contributed by atoms with Crippen molar-refractivity contribution in [3.8, 4) is 11.5 Å². The van der Waals surface area contributed by atoms with Crippen LogP contribution in [0.4, 0.5) is 0 Å². The highest BCUT2D eigenvalue weighted by atomic mass is 32.2. The van der Waals surface area contributed by atoms with Gasteiger partial charge in [0, 0.05) is 11.8 Å². The Morgan fingerprint density at radius 1 is 1.13 bits per heavy atom. The van der Waals surface area contributed by atoms with Gasteiger partial charge in [0.25, 0.3) is 0 Å². The van der Waals surface area contributed by atoms with Gasteiger partial charge in [-0.3, -0.25) is 0 Å². The van der Waals surface area contributed by atoms with Crippen molar-refractivity contribution in [2.75, 3.05) is 20.5 Å². The number of rotatable bonds is 3. The summed E-state index contributed by atoms with van der Waals surface area (Å²) in [5, 5.41) is 0. The standard InChI is InChI=1S/C10H13O4S/c1-7-9(13-2)5-8(15(4,11)12)6-10(7)14-3/h5-6H,1H2,2-4H3. The molecule has 0 fully saturated rings. The van der Waals surface area contributed by atoms with Gasteiger partial charge in [0.15, 0.2) is 9.84 Å². The Kier molecular flexibility index (Phi) is 3.24. The van der Waals surface area contributed by atoms with Gasteiger partial charge in [0.1, 0.15) is 11.5 Å². The average Bonchev–Trinajstić information content (AvgIpc) is 2.16. The van der Waals surface area contributed by atoms with Crippen molar-refractivity contribution < 1.29 is 17.9 Å². The minimum atomic E-state index is -3.27. The van der Waals surface area contributed by atoms with E-state index in [1.807, 2.05) is 0 Å². The van der Waals surface area contributed by atoms with Crippen LogP contribution < -0.4 is 9.47 Å². The summed E-state index contributed by atoms with van der Waals surface area (Å²) in [6.45, 7) is 3.74. The van der Waals surface area contributed by atoms with E-state index in [9.17, 15) is 8.42 Å². The van der Waals surface area contributed by atoms with E-state index >= 15 is 0 Å². The Morgan fingerprint density at radius 2 is 1.53 bits per heavy atom. The van der Waals surface area contributed by atoms with Crippen LogP contribution in [0.25, 0.3) is 0 Å². The first-order valence-electron chi connectivity index (χ1n) is 4.18. The lowest BCUT2D eigenvalue weighted by atomic mass is 10.2. The second-order valence-electron chi connectivity index (χ2n) is 3.08. The molecule has 0 unspecified atom stereocenters. The molecule has 1 aromatic rings. The Morgan fingerprint density at radius 3 is 1.80 bits per heavy atom. The SMILES string of the molecule is [CH2]c1c(OC)cc(S(C)(=O)=O)cc1OC. The quantitative estimate of drug-likeness (QED) is 0.783. The fourth-order valence-corrected chi connectivity index (χ4v) is 1.82. The van der Waals surface area contributed by atoms with Crippen LogP contribution in [0, 0.1) is 6.92 Å². The number of sulfone groups is 1. The molecule has 0 atom stereocenters. The third-order valence-electron chi connectivity index (χ3n) is 2.01. The molecule has 0 saturated carbocycles. The van der Waals surface area contributed by atoms with Crippen LogP contribution >= 0.6 is 0 Å². The van der Waals surface area contributed by atoms with Gasteiger partial charge in [-0.15, -0.1) is 0 Å². The zero-order valence-electron chi connectivity index (χ0n) is 8.90. The van der Waals surface area contributed by atoms with Gasteiger partial charge in [0.2, 0.25) is 0 Å². The maximum Gasteiger partial charge on any atom is 0.175 e. The predicted molar refractivity (Wildman–Crippen MR) is 57.1 cm³/mol. The molecule has 0 aromatic heterocycles. The molecule has 83 valence electrons. The minimum Gasteiger partial charge on any atom is -0.496 e. The molecule has 0 saturated heterocycles. The predicted octanol–water partition coefficient (Wildman–Crippen LogP) is 1.29. The van der Waals surface area contributed by atoms with Crippen molar-refractivity contribution in [3.05, 3.63) is 24.6 Å². The highest BCUT2D eigenvalue weighted by molar-refractivity contribution is 7.90. The zero-order valence-corrected chi connectivity index (χ0v) is 9.72.